The van der Waals surface area contributed by atoms with Crippen molar-refractivity contribution < 1.29 is 14.3 Å². The Balaban J connectivity index is 2.68. The smallest absolute Gasteiger partial charge is 0.338 e. The van der Waals surface area contributed by atoms with Crippen molar-refractivity contribution in [2.75, 3.05) is 6.61 Å². The standard InChI is InChI=1S/C13H15ClO3/c1-8(2)12(15)7-17-13(16)11-5-4-10(14)6-9(11)3/h4-6,8H,7H2,1-3H3. The molecule has 0 fully saturated rings. The molecule has 0 heterocycles. The Labute approximate surface area is 106 Å². The number of hydrogen-bond donors (Lipinski definition) is 0. The highest BCUT2D eigenvalue weighted by Gasteiger charge is 2.14. The van der Waals surface area contributed by atoms with Crippen molar-refractivity contribution in [1.82, 2.24) is 0 Å². The molecule has 0 amide bonds. The third-order valence-electron chi connectivity index (χ3n) is 2.40. The van der Waals surface area contributed by atoms with Gasteiger partial charge in [-0.2, -0.15) is 0 Å². The number of halogens is 1. The van der Waals surface area contributed by atoms with E-state index in [2.05, 4.69) is 0 Å². The first-order chi connectivity index (χ1) is 7.91. The Morgan fingerprint density at radius 3 is 2.53 bits per heavy atom. The maximum absolute atomic E-state index is 11.7. The molecule has 1 aromatic rings. The van der Waals surface area contributed by atoms with Gasteiger partial charge in [0.1, 0.15) is 0 Å². The molecule has 1 rings (SSSR count). The van der Waals surface area contributed by atoms with Crippen LogP contribution in [0.5, 0.6) is 0 Å². The lowest BCUT2D eigenvalue weighted by Gasteiger charge is -2.08. The van der Waals surface area contributed by atoms with Crippen LogP contribution < -0.4 is 0 Å². The summed E-state index contributed by atoms with van der Waals surface area (Å²) < 4.78 is 4.94. The van der Waals surface area contributed by atoms with Crippen molar-refractivity contribution in [2.45, 2.75) is 20.8 Å². The molecule has 0 spiro atoms. The number of esters is 1. The number of ketones is 1. The number of aryl methyl sites for hydroxylation is 1. The van der Waals surface area contributed by atoms with Gasteiger partial charge in [-0.25, -0.2) is 4.79 Å². The van der Waals surface area contributed by atoms with E-state index in [0.717, 1.165) is 5.56 Å². The van der Waals surface area contributed by atoms with Crippen molar-refractivity contribution in [3.8, 4) is 0 Å². The van der Waals surface area contributed by atoms with E-state index in [4.69, 9.17) is 16.3 Å². The summed E-state index contributed by atoms with van der Waals surface area (Å²) in [5.41, 5.74) is 1.17. The summed E-state index contributed by atoms with van der Waals surface area (Å²) in [4.78, 5) is 23.0. The van der Waals surface area contributed by atoms with Crippen LogP contribution in [0.25, 0.3) is 0 Å². The molecule has 0 unspecified atom stereocenters. The monoisotopic (exact) mass is 254 g/mol. The topological polar surface area (TPSA) is 43.4 Å². The highest BCUT2D eigenvalue weighted by molar-refractivity contribution is 6.30. The van der Waals surface area contributed by atoms with Crippen LogP contribution in [-0.2, 0) is 9.53 Å². The van der Waals surface area contributed by atoms with E-state index < -0.39 is 5.97 Å². The molecule has 4 heteroatoms. The minimum Gasteiger partial charge on any atom is -0.454 e. The molecule has 0 atom stereocenters. The van der Waals surface area contributed by atoms with E-state index in [-0.39, 0.29) is 18.3 Å². The molecule has 0 aromatic heterocycles. The van der Waals surface area contributed by atoms with Gasteiger partial charge < -0.3 is 4.74 Å². The van der Waals surface area contributed by atoms with Gasteiger partial charge in [-0.15, -0.1) is 0 Å². The molecule has 3 nitrogen and oxygen atoms in total. The van der Waals surface area contributed by atoms with Crippen LogP contribution in [0.2, 0.25) is 5.02 Å². The van der Waals surface area contributed by atoms with Gasteiger partial charge >= 0.3 is 5.97 Å². The van der Waals surface area contributed by atoms with Crippen molar-refractivity contribution in [3.63, 3.8) is 0 Å². The summed E-state index contributed by atoms with van der Waals surface area (Å²) in [7, 11) is 0. The third kappa shape index (κ3) is 3.86. The Bertz CT molecular complexity index is 438. The summed E-state index contributed by atoms with van der Waals surface area (Å²) >= 11 is 5.78. The number of Topliss-reactive ketones (excluding diaryl/α,β-unsaturated/α-hetero) is 1. The first-order valence-electron chi connectivity index (χ1n) is 5.37. The van der Waals surface area contributed by atoms with Gasteiger partial charge in [0.25, 0.3) is 0 Å². The molecule has 0 aliphatic carbocycles. The molecule has 0 N–H and O–H groups in total. The second-order valence-corrected chi connectivity index (χ2v) is 4.59. The zero-order valence-corrected chi connectivity index (χ0v) is 10.9. The lowest BCUT2D eigenvalue weighted by Crippen LogP contribution is -2.18. The van der Waals surface area contributed by atoms with Crippen molar-refractivity contribution in [3.05, 3.63) is 34.3 Å². The summed E-state index contributed by atoms with van der Waals surface area (Å²) in [5.74, 6) is -0.716. The molecule has 0 bridgehead atoms. The highest BCUT2D eigenvalue weighted by Crippen LogP contribution is 2.16. The first-order valence-corrected chi connectivity index (χ1v) is 5.75. The lowest BCUT2D eigenvalue weighted by atomic mass is 10.1. The van der Waals surface area contributed by atoms with Crippen LogP contribution >= 0.6 is 11.6 Å². The lowest BCUT2D eigenvalue weighted by molar-refractivity contribution is -0.125. The number of benzene rings is 1. The molecule has 1 aromatic carbocycles. The Morgan fingerprint density at radius 1 is 1.35 bits per heavy atom. The number of ether oxygens (including phenoxy) is 1. The molecule has 0 aliphatic heterocycles. The largest absolute Gasteiger partial charge is 0.454 e. The fourth-order valence-electron chi connectivity index (χ4n) is 1.24. The fourth-order valence-corrected chi connectivity index (χ4v) is 1.46. The minimum absolute atomic E-state index is 0.0926. The van der Waals surface area contributed by atoms with E-state index in [9.17, 15) is 9.59 Å². The average molecular weight is 255 g/mol. The van der Waals surface area contributed by atoms with E-state index in [1.165, 1.54) is 0 Å². The third-order valence-corrected chi connectivity index (χ3v) is 2.63. The van der Waals surface area contributed by atoms with Crippen LogP contribution in [0.3, 0.4) is 0 Å². The number of hydrogen-bond acceptors (Lipinski definition) is 3. The van der Waals surface area contributed by atoms with Crippen LogP contribution in [0.15, 0.2) is 18.2 Å². The molecule has 92 valence electrons. The zero-order valence-electron chi connectivity index (χ0n) is 10.1. The molecule has 0 radical (unpaired) electrons. The number of carbonyl (C=O) groups excluding carboxylic acids is 2. The van der Waals surface area contributed by atoms with Gasteiger partial charge in [0.05, 0.1) is 5.56 Å². The molecular weight excluding hydrogens is 240 g/mol. The van der Waals surface area contributed by atoms with Gasteiger partial charge in [0, 0.05) is 10.9 Å². The molecule has 0 saturated heterocycles. The summed E-state index contributed by atoms with van der Waals surface area (Å²) in [6, 6.07) is 4.90. The molecular formula is C13H15ClO3. The second kappa shape index (κ2) is 5.82. The number of rotatable bonds is 4. The van der Waals surface area contributed by atoms with Crippen LogP contribution in [-0.4, -0.2) is 18.4 Å². The predicted molar refractivity (Wildman–Crippen MR) is 66.3 cm³/mol. The predicted octanol–water partition coefficient (Wildman–Crippen LogP) is 3.03. The summed E-state index contributed by atoms with van der Waals surface area (Å²) in [6.45, 7) is 5.12. The van der Waals surface area contributed by atoms with E-state index in [1.54, 1.807) is 39.0 Å². The molecule has 0 saturated carbocycles. The number of carbonyl (C=O) groups is 2. The normalized spacial score (nSPS) is 10.4. The van der Waals surface area contributed by atoms with E-state index in [0.29, 0.717) is 10.6 Å². The van der Waals surface area contributed by atoms with Crippen LogP contribution in [0, 0.1) is 12.8 Å². The zero-order chi connectivity index (χ0) is 13.0. The van der Waals surface area contributed by atoms with Crippen molar-refractivity contribution in [2.24, 2.45) is 5.92 Å². The summed E-state index contributed by atoms with van der Waals surface area (Å²) in [5, 5.41) is 0.567. The van der Waals surface area contributed by atoms with Gasteiger partial charge in [0.15, 0.2) is 12.4 Å². The molecule has 17 heavy (non-hydrogen) atoms. The van der Waals surface area contributed by atoms with Crippen molar-refractivity contribution in [1.29, 1.82) is 0 Å². The quantitative estimate of drug-likeness (QED) is 0.776. The van der Waals surface area contributed by atoms with Gasteiger partial charge in [-0.3, -0.25) is 4.79 Å². The maximum Gasteiger partial charge on any atom is 0.338 e. The summed E-state index contributed by atoms with van der Waals surface area (Å²) in [6.07, 6.45) is 0. The average Bonchev–Trinajstić information content (AvgIpc) is 2.25. The first kappa shape index (κ1) is 13.7. The maximum atomic E-state index is 11.7. The Kier molecular flexibility index (Phi) is 4.70. The van der Waals surface area contributed by atoms with Crippen molar-refractivity contribution >= 4 is 23.4 Å². The molecule has 0 aliphatic rings. The van der Waals surface area contributed by atoms with Gasteiger partial charge in [-0.05, 0) is 30.7 Å². The van der Waals surface area contributed by atoms with Crippen LogP contribution in [0.1, 0.15) is 29.8 Å². The van der Waals surface area contributed by atoms with E-state index >= 15 is 0 Å². The van der Waals surface area contributed by atoms with Gasteiger partial charge in [0.2, 0.25) is 0 Å². The second-order valence-electron chi connectivity index (χ2n) is 4.16. The Morgan fingerprint density at radius 2 is 2.00 bits per heavy atom. The Hall–Kier alpha value is -1.35. The SMILES string of the molecule is Cc1cc(Cl)ccc1C(=O)OCC(=O)C(C)C. The van der Waals surface area contributed by atoms with Crippen LogP contribution in [0.4, 0.5) is 0 Å². The highest BCUT2D eigenvalue weighted by atomic mass is 35.5. The fraction of sp³-hybridized carbons (Fsp3) is 0.385. The minimum atomic E-state index is -0.492. The van der Waals surface area contributed by atoms with Gasteiger partial charge in [-0.1, -0.05) is 25.4 Å². The van der Waals surface area contributed by atoms with E-state index in [1.807, 2.05) is 0 Å².